The molecule has 26 heavy (non-hydrogen) atoms. The van der Waals surface area contributed by atoms with Gasteiger partial charge in [-0.1, -0.05) is 17.7 Å². The highest BCUT2D eigenvalue weighted by Gasteiger charge is 2.29. The molecule has 2 aliphatic rings. The summed E-state index contributed by atoms with van der Waals surface area (Å²) in [6, 6.07) is 8.12. The van der Waals surface area contributed by atoms with Crippen LogP contribution in [0, 0.1) is 12.8 Å². The van der Waals surface area contributed by atoms with Gasteiger partial charge in [-0.15, -0.1) is 0 Å². The molecule has 0 unspecified atom stereocenters. The van der Waals surface area contributed by atoms with E-state index in [1.54, 1.807) is 0 Å². The van der Waals surface area contributed by atoms with Crippen molar-refractivity contribution >= 4 is 12.0 Å². The number of hydrogen-bond donors (Lipinski definition) is 2. The van der Waals surface area contributed by atoms with Gasteiger partial charge in [-0.2, -0.15) is 0 Å². The van der Waals surface area contributed by atoms with Crippen LogP contribution < -0.4 is 10.1 Å². The van der Waals surface area contributed by atoms with Crippen molar-refractivity contribution in [1.82, 2.24) is 10.2 Å². The maximum Gasteiger partial charge on any atom is 0.317 e. The largest absolute Gasteiger partial charge is 0.490 e. The Bertz CT molecular complexity index is 615. The molecule has 1 saturated carbocycles. The summed E-state index contributed by atoms with van der Waals surface area (Å²) < 4.78 is 6.01. The molecule has 0 atom stereocenters. The molecule has 1 aromatic rings. The molecule has 6 heteroatoms. The Morgan fingerprint density at radius 1 is 1.04 bits per heavy atom. The van der Waals surface area contributed by atoms with Crippen LogP contribution in [0.5, 0.6) is 5.75 Å². The lowest BCUT2D eigenvalue weighted by molar-refractivity contribution is -0.142. The number of amides is 2. The van der Waals surface area contributed by atoms with Gasteiger partial charge in [0.1, 0.15) is 11.9 Å². The fraction of sp³-hybridized carbons (Fsp3) is 0.600. The molecule has 0 spiro atoms. The maximum atomic E-state index is 12.4. The summed E-state index contributed by atoms with van der Waals surface area (Å²) in [6.07, 6.45) is 4.58. The number of benzene rings is 1. The second kappa shape index (κ2) is 8.43. The van der Waals surface area contributed by atoms with Crippen LogP contribution in [0.1, 0.15) is 44.1 Å². The minimum absolute atomic E-state index is 0.0300. The Hall–Kier alpha value is -2.24. The fourth-order valence-electron chi connectivity index (χ4n) is 3.74. The standard InChI is InChI=1S/C20H28N2O4/c1-14-2-8-17(9-3-14)26-18-10-12-22(13-11-18)20(25)21-16-6-4-15(5-7-16)19(23)24/h2-3,8-9,15-16,18H,4-7,10-13H2,1H3,(H,21,25)(H,23,24). The lowest BCUT2D eigenvalue weighted by atomic mass is 9.86. The predicted octanol–water partition coefficient (Wildman–Crippen LogP) is 3.19. The molecule has 2 amide bonds. The zero-order chi connectivity index (χ0) is 18.5. The number of ether oxygens (including phenoxy) is 1. The number of carboxylic acids is 1. The third-order valence-electron chi connectivity index (χ3n) is 5.46. The molecule has 1 saturated heterocycles. The number of aliphatic carboxylic acids is 1. The molecule has 0 aromatic heterocycles. The van der Waals surface area contributed by atoms with Crippen molar-refractivity contribution in [3.63, 3.8) is 0 Å². The molecular weight excluding hydrogens is 332 g/mol. The van der Waals surface area contributed by atoms with Crippen molar-refractivity contribution < 1.29 is 19.4 Å². The van der Waals surface area contributed by atoms with Gasteiger partial charge in [-0.3, -0.25) is 4.79 Å². The summed E-state index contributed by atoms with van der Waals surface area (Å²) in [5, 5.41) is 12.1. The molecule has 0 radical (unpaired) electrons. The van der Waals surface area contributed by atoms with E-state index in [9.17, 15) is 9.59 Å². The molecule has 1 aliphatic heterocycles. The molecular formula is C20H28N2O4. The highest BCUT2D eigenvalue weighted by Crippen LogP contribution is 2.25. The topological polar surface area (TPSA) is 78.9 Å². The highest BCUT2D eigenvalue weighted by atomic mass is 16.5. The second-order valence-electron chi connectivity index (χ2n) is 7.45. The fourth-order valence-corrected chi connectivity index (χ4v) is 3.74. The van der Waals surface area contributed by atoms with Crippen molar-refractivity contribution in [1.29, 1.82) is 0 Å². The average Bonchev–Trinajstić information content (AvgIpc) is 2.64. The number of hydrogen-bond acceptors (Lipinski definition) is 3. The summed E-state index contributed by atoms with van der Waals surface area (Å²) in [4.78, 5) is 25.3. The number of likely N-dealkylation sites (tertiary alicyclic amines) is 1. The van der Waals surface area contributed by atoms with Crippen LogP contribution in [-0.2, 0) is 4.79 Å². The number of carbonyl (C=O) groups is 2. The number of nitrogens with one attached hydrogen (secondary N) is 1. The van der Waals surface area contributed by atoms with Crippen LogP contribution in [0.2, 0.25) is 0 Å². The minimum Gasteiger partial charge on any atom is -0.490 e. The first-order valence-corrected chi connectivity index (χ1v) is 9.53. The Morgan fingerprint density at radius 3 is 2.23 bits per heavy atom. The minimum atomic E-state index is -0.717. The number of carboxylic acid groups (broad SMARTS) is 1. The van der Waals surface area contributed by atoms with E-state index in [0.29, 0.717) is 25.9 Å². The third-order valence-corrected chi connectivity index (χ3v) is 5.46. The Morgan fingerprint density at radius 2 is 1.65 bits per heavy atom. The van der Waals surface area contributed by atoms with Crippen LogP contribution in [0.15, 0.2) is 24.3 Å². The van der Waals surface area contributed by atoms with Gasteiger partial charge in [0, 0.05) is 32.0 Å². The number of rotatable bonds is 4. The van der Waals surface area contributed by atoms with Crippen molar-refractivity contribution in [2.75, 3.05) is 13.1 Å². The monoisotopic (exact) mass is 360 g/mol. The van der Waals surface area contributed by atoms with Gasteiger partial charge in [0.15, 0.2) is 0 Å². The number of piperidine rings is 1. The summed E-state index contributed by atoms with van der Waals surface area (Å²) in [6.45, 7) is 3.43. The van der Waals surface area contributed by atoms with E-state index in [-0.39, 0.29) is 24.1 Å². The van der Waals surface area contributed by atoms with E-state index in [0.717, 1.165) is 31.4 Å². The van der Waals surface area contributed by atoms with Gasteiger partial charge in [-0.05, 0) is 44.7 Å². The number of urea groups is 1. The first-order chi connectivity index (χ1) is 12.5. The third kappa shape index (κ3) is 4.90. The Kier molecular flexibility index (Phi) is 6.01. The highest BCUT2D eigenvalue weighted by molar-refractivity contribution is 5.75. The molecule has 1 heterocycles. The van der Waals surface area contributed by atoms with Crippen molar-refractivity contribution in [3.8, 4) is 5.75 Å². The van der Waals surface area contributed by atoms with E-state index in [4.69, 9.17) is 9.84 Å². The van der Waals surface area contributed by atoms with Crippen LogP contribution in [0.4, 0.5) is 4.79 Å². The first kappa shape index (κ1) is 18.5. The molecule has 1 aromatic carbocycles. The normalized spacial score (nSPS) is 24.1. The zero-order valence-corrected chi connectivity index (χ0v) is 15.3. The van der Waals surface area contributed by atoms with E-state index < -0.39 is 5.97 Å². The Labute approximate surface area is 154 Å². The molecule has 2 fully saturated rings. The van der Waals surface area contributed by atoms with E-state index in [1.165, 1.54) is 5.56 Å². The molecule has 142 valence electrons. The van der Waals surface area contributed by atoms with Crippen molar-refractivity contribution in [3.05, 3.63) is 29.8 Å². The molecule has 6 nitrogen and oxygen atoms in total. The van der Waals surface area contributed by atoms with Crippen LogP contribution in [-0.4, -0.2) is 47.2 Å². The number of carbonyl (C=O) groups excluding carboxylic acids is 1. The van der Waals surface area contributed by atoms with Gasteiger partial charge in [0.2, 0.25) is 0 Å². The summed E-state index contributed by atoms with van der Waals surface area (Å²) >= 11 is 0. The van der Waals surface area contributed by atoms with E-state index in [1.807, 2.05) is 29.2 Å². The van der Waals surface area contributed by atoms with Crippen LogP contribution in [0.3, 0.4) is 0 Å². The first-order valence-electron chi connectivity index (χ1n) is 9.53. The lowest BCUT2D eigenvalue weighted by Crippen LogP contribution is -2.50. The predicted molar refractivity (Wildman–Crippen MR) is 98.3 cm³/mol. The molecule has 1 aliphatic carbocycles. The van der Waals surface area contributed by atoms with E-state index >= 15 is 0 Å². The van der Waals surface area contributed by atoms with Crippen LogP contribution >= 0.6 is 0 Å². The lowest BCUT2D eigenvalue weighted by Gasteiger charge is -2.34. The SMILES string of the molecule is Cc1ccc(OC2CCN(C(=O)NC3CCC(C(=O)O)CC3)CC2)cc1. The summed E-state index contributed by atoms with van der Waals surface area (Å²) in [5.41, 5.74) is 1.21. The zero-order valence-electron chi connectivity index (χ0n) is 15.3. The van der Waals surface area contributed by atoms with Crippen LogP contribution in [0.25, 0.3) is 0 Å². The molecule has 0 bridgehead atoms. The van der Waals surface area contributed by atoms with Crippen molar-refractivity contribution in [2.24, 2.45) is 5.92 Å². The van der Waals surface area contributed by atoms with Gasteiger partial charge in [0.25, 0.3) is 0 Å². The second-order valence-corrected chi connectivity index (χ2v) is 7.45. The Balaban J connectivity index is 1.39. The number of nitrogens with zero attached hydrogens (tertiary/aromatic N) is 1. The summed E-state index contributed by atoms with van der Waals surface area (Å²) in [5.74, 6) is -0.0862. The molecule has 2 N–H and O–H groups in total. The van der Waals surface area contributed by atoms with E-state index in [2.05, 4.69) is 12.2 Å². The quantitative estimate of drug-likeness (QED) is 0.864. The van der Waals surface area contributed by atoms with Gasteiger partial charge >= 0.3 is 12.0 Å². The summed E-state index contributed by atoms with van der Waals surface area (Å²) in [7, 11) is 0. The maximum absolute atomic E-state index is 12.4. The average molecular weight is 360 g/mol. The molecule has 3 rings (SSSR count). The van der Waals surface area contributed by atoms with Gasteiger partial charge < -0.3 is 20.1 Å². The number of aryl methyl sites for hydroxylation is 1. The van der Waals surface area contributed by atoms with Crippen molar-refractivity contribution in [2.45, 2.75) is 57.6 Å². The van der Waals surface area contributed by atoms with Gasteiger partial charge in [-0.25, -0.2) is 4.79 Å². The van der Waals surface area contributed by atoms with Gasteiger partial charge in [0.05, 0.1) is 5.92 Å². The smallest absolute Gasteiger partial charge is 0.317 e.